The van der Waals surface area contributed by atoms with Crippen LogP contribution >= 0.6 is 0 Å². The predicted molar refractivity (Wildman–Crippen MR) is 116 cm³/mol. The lowest BCUT2D eigenvalue weighted by Gasteiger charge is -2.38. The lowest BCUT2D eigenvalue weighted by molar-refractivity contribution is -0.149. The Balaban J connectivity index is 1.47. The molecule has 3 aliphatic rings. The van der Waals surface area contributed by atoms with E-state index >= 15 is 0 Å². The average molecular weight is 432 g/mol. The van der Waals surface area contributed by atoms with E-state index in [-0.39, 0.29) is 36.5 Å². The number of nitrogens with one attached hydrogen (secondary N) is 1. The monoisotopic (exact) mass is 431 g/mol. The molecule has 0 radical (unpaired) electrons. The van der Waals surface area contributed by atoms with Crippen molar-refractivity contribution in [1.29, 1.82) is 0 Å². The molecule has 3 heterocycles. The molecule has 2 amide bonds. The number of likely N-dealkylation sites (tertiary alicyclic amines) is 1. The maximum Gasteiger partial charge on any atom is 0.238 e. The number of benzene rings is 1. The summed E-state index contributed by atoms with van der Waals surface area (Å²) in [6.07, 6.45) is 3.27. The first kappa shape index (κ1) is 22.0. The highest BCUT2D eigenvalue weighted by molar-refractivity contribution is 5.92. The van der Waals surface area contributed by atoms with E-state index in [0.29, 0.717) is 19.4 Å². The average Bonchev–Trinajstić information content (AvgIpc) is 3.11. The number of piperidine rings is 1. The number of carbonyl (C=O) groups excluding carboxylic acids is 2. The van der Waals surface area contributed by atoms with Crippen molar-refractivity contribution >= 4 is 17.5 Å². The summed E-state index contributed by atoms with van der Waals surface area (Å²) < 4.78 is 12.2. The summed E-state index contributed by atoms with van der Waals surface area (Å²) in [4.78, 5) is 28.7. The Morgan fingerprint density at radius 3 is 2.71 bits per heavy atom. The largest absolute Gasteiger partial charge is 0.487 e. The van der Waals surface area contributed by atoms with Gasteiger partial charge in [-0.05, 0) is 58.0 Å². The highest BCUT2D eigenvalue weighted by atomic mass is 16.6. The summed E-state index contributed by atoms with van der Waals surface area (Å²) in [6, 6.07) is 5.65. The van der Waals surface area contributed by atoms with E-state index in [1.54, 1.807) is 0 Å². The highest BCUT2D eigenvalue weighted by Gasteiger charge is 2.46. The molecule has 31 heavy (non-hydrogen) atoms. The van der Waals surface area contributed by atoms with Crippen LogP contribution in [0.25, 0.3) is 0 Å². The van der Waals surface area contributed by atoms with Crippen molar-refractivity contribution in [3.05, 3.63) is 23.8 Å². The lowest BCUT2D eigenvalue weighted by Crippen LogP contribution is -2.48. The van der Waals surface area contributed by atoms with E-state index in [1.165, 1.54) is 6.42 Å². The van der Waals surface area contributed by atoms with E-state index in [4.69, 9.17) is 9.47 Å². The number of carbonyl (C=O) groups is 2. The molecule has 0 aliphatic carbocycles. The van der Waals surface area contributed by atoms with E-state index in [0.717, 1.165) is 42.9 Å². The SMILES string of the molecule is CN(C)CC(=O)Nc1ccc2c(c1)[C@H]1C[C@H](CC(=O)N3CCCCC3)O[C@@H](CO)[C@H]1O2. The van der Waals surface area contributed by atoms with E-state index < -0.39 is 6.10 Å². The van der Waals surface area contributed by atoms with Crippen LogP contribution in [0.15, 0.2) is 18.2 Å². The molecule has 1 aromatic carbocycles. The molecule has 0 saturated carbocycles. The van der Waals surface area contributed by atoms with E-state index in [2.05, 4.69) is 5.32 Å². The van der Waals surface area contributed by atoms with Gasteiger partial charge in [-0.2, -0.15) is 0 Å². The van der Waals surface area contributed by atoms with Crippen molar-refractivity contribution in [3.63, 3.8) is 0 Å². The van der Waals surface area contributed by atoms with Crippen LogP contribution in [0.2, 0.25) is 0 Å². The molecule has 8 heteroatoms. The zero-order chi connectivity index (χ0) is 22.0. The zero-order valence-electron chi connectivity index (χ0n) is 18.4. The van der Waals surface area contributed by atoms with Gasteiger partial charge in [0.15, 0.2) is 0 Å². The first-order chi connectivity index (χ1) is 14.9. The summed E-state index contributed by atoms with van der Waals surface area (Å²) in [7, 11) is 3.70. The number of fused-ring (bicyclic) bond motifs is 3. The van der Waals surface area contributed by atoms with Gasteiger partial charge in [-0.1, -0.05) is 0 Å². The fourth-order valence-corrected chi connectivity index (χ4v) is 4.92. The van der Waals surface area contributed by atoms with Gasteiger partial charge in [-0.15, -0.1) is 0 Å². The lowest BCUT2D eigenvalue weighted by atomic mass is 9.84. The van der Waals surface area contributed by atoms with Crippen molar-refractivity contribution < 1.29 is 24.2 Å². The molecule has 170 valence electrons. The normalized spacial score (nSPS) is 27.4. The van der Waals surface area contributed by atoms with Gasteiger partial charge in [0.25, 0.3) is 0 Å². The molecule has 8 nitrogen and oxygen atoms in total. The molecule has 0 aromatic heterocycles. The highest BCUT2D eigenvalue weighted by Crippen LogP contribution is 2.47. The van der Waals surface area contributed by atoms with Gasteiger partial charge in [-0.3, -0.25) is 9.59 Å². The molecule has 0 spiro atoms. The summed E-state index contributed by atoms with van der Waals surface area (Å²) in [6.45, 7) is 1.79. The van der Waals surface area contributed by atoms with Crippen LogP contribution in [-0.2, 0) is 14.3 Å². The van der Waals surface area contributed by atoms with Gasteiger partial charge in [0.2, 0.25) is 11.8 Å². The minimum Gasteiger partial charge on any atom is -0.487 e. The molecular weight excluding hydrogens is 398 g/mol. The van der Waals surface area contributed by atoms with Gasteiger partial charge in [-0.25, -0.2) is 0 Å². The molecule has 0 unspecified atom stereocenters. The molecule has 0 bridgehead atoms. The predicted octanol–water partition coefficient (Wildman–Crippen LogP) is 1.58. The number of hydrogen-bond donors (Lipinski definition) is 2. The molecule has 2 saturated heterocycles. The van der Waals surface area contributed by atoms with E-state index in [9.17, 15) is 14.7 Å². The Hall–Kier alpha value is -2.16. The van der Waals surface area contributed by atoms with Crippen molar-refractivity contribution in [2.75, 3.05) is 45.7 Å². The van der Waals surface area contributed by atoms with Crippen molar-refractivity contribution in [2.24, 2.45) is 0 Å². The number of hydrogen-bond acceptors (Lipinski definition) is 6. The van der Waals surface area contributed by atoms with Crippen LogP contribution in [0.4, 0.5) is 5.69 Å². The van der Waals surface area contributed by atoms with Gasteiger partial charge >= 0.3 is 0 Å². The quantitative estimate of drug-likeness (QED) is 0.711. The summed E-state index contributed by atoms with van der Waals surface area (Å²) in [5.41, 5.74) is 1.73. The molecule has 4 atom stereocenters. The fourth-order valence-electron chi connectivity index (χ4n) is 4.92. The number of ether oxygens (including phenoxy) is 2. The van der Waals surface area contributed by atoms with Gasteiger partial charge < -0.3 is 29.7 Å². The third-order valence-electron chi connectivity index (χ3n) is 6.35. The van der Waals surface area contributed by atoms with Gasteiger partial charge in [0, 0.05) is 30.3 Å². The van der Waals surface area contributed by atoms with Crippen LogP contribution in [-0.4, -0.2) is 85.4 Å². The third-order valence-corrected chi connectivity index (χ3v) is 6.35. The maximum absolute atomic E-state index is 12.8. The molecular formula is C23H33N3O5. The zero-order valence-corrected chi connectivity index (χ0v) is 18.4. The van der Waals surface area contributed by atoms with Crippen LogP contribution in [0.3, 0.4) is 0 Å². The molecule has 1 aromatic rings. The molecule has 2 fully saturated rings. The Morgan fingerprint density at radius 2 is 2.00 bits per heavy atom. The second-order valence-electron chi connectivity index (χ2n) is 9.09. The summed E-state index contributed by atoms with van der Waals surface area (Å²) >= 11 is 0. The number of amides is 2. The number of anilines is 1. The Labute approximate surface area is 183 Å². The van der Waals surface area contributed by atoms with Gasteiger partial charge in [0.1, 0.15) is 18.0 Å². The van der Waals surface area contributed by atoms with Crippen molar-refractivity contribution in [2.45, 2.75) is 56.3 Å². The molecule has 4 rings (SSSR count). The second-order valence-corrected chi connectivity index (χ2v) is 9.09. The Kier molecular flexibility index (Phi) is 6.79. The topological polar surface area (TPSA) is 91.3 Å². The number of aliphatic hydroxyl groups is 1. The number of aliphatic hydroxyl groups excluding tert-OH is 1. The van der Waals surface area contributed by atoms with E-state index in [1.807, 2.05) is 42.1 Å². The van der Waals surface area contributed by atoms with Crippen molar-refractivity contribution in [3.8, 4) is 5.75 Å². The van der Waals surface area contributed by atoms with Crippen LogP contribution in [0.1, 0.15) is 43.6 Å². The van der Waals surface area contributed by atoms with Crippen LogP contribution in [0.5, 0.6) is 5.75 Å². The first-order valence-corrected chi connectivity index (χ1v) is 11.2. The van der Waals surface area contributed by atoms with Crippen LogP contribution < -0.4 is 10.1 Å². The number of nitrogens with zero attached hydrogens (tertiary/aromatic N) is 2. The summed E-state index contributed by atoms with van der Waals surface area (Å²) in [5.74, 6) is 0.825. The molecule has 2 N–H and O–H groups in total. The second kappa shape index (κ2) is 9.54. The van der Waals surface area contributed by atoms with Crippen molar-refractivity contribution in [1.82, 2.24) is 9.80 Å². The Bertz CT molecular complexity index is 808. The minimum absolute atomic E-state index is 0.0192. The number of likely N-dealkylation sites (N-methyl/N-ethyl adjacent to an activating group) is 1. The third kappa shape index (κ3) is 5.02. The first-order valence-electron chi connectivity index (χ1n) is 11.2. The fraction of sp³-hybridized carbons (Fsp3) is 0.652. The minimum atomic E-state index is -0.475. The van der Waals surface area contributed by atoms with Crippen LogP contribution in [0, 0.1) is 0 Å². The smallest absolute Gasteiger partial charge is 0.238 e. The molecule has 3 aliphatic heterocycles. The summed E-state index contributed by atoms with van der Waals surface area (Å²) in [5, 5.41) is 12.8. The number of rotatable bonds is 6. The Morgan fingerprint density at radius 1 is 1.23 bits per heavy atom. The maximum atomic E-state index is 12.8. The standard InChI is InChI=1S/C23H33N3O5/c1-25(2)13-21(28)24-15-6-7-19-17(10-15)18-11-16(30-20(14-27)23(18)31-19)12-22(29)26-8-4-3-5-9-26/h6-7,10,16,18,20,23,27H,3-5,8-9,11-14H2,1-2H3,(H,24,28)/t16-,18-,20+,23+/m1/s1. The van der Waals surface area contributed by atoms with Gasteiger partial charge in [0.05, 0.1) is 25.7 Å².